The lowest BCUT2D eigenvalue weighted by molar-refractivity contribution is -0.121. The second-order valence-electron chi connectivity index (χ2n) is 7.28. The molecule has 1 amide bonds. The van der Waals surface area contributed by atoms with Crippen LogP contribution >= 0.6 is 0 Å². The molecule has 0 aliphatic rings. The maximum absolute atomic E-state index is 12.0. The van der Waals surface area contributed by atoms with Gasteiger partial charge in [-0.25, -0.2) is 13.1 Å². The van der Waals surface area contributed by atoms with E-state index in [2.05, 4.69) is 10.0 Å². The molecular formula is C19H32N2O6S. The molecule has 0 fully saturated rings. The Morgan fingerprint density at radius 3 is 2.04 bits per heavy atom. The maximum atomic E-state index is 12.0. The van der Waals surface area contributed by atoms with Crippen LogP contribution in [0.25, 0.3) is 0 Å². The SMILES string of the molecule is COc1cc(CNC(=O)CCCCNS(=O)(=O)C(C)(C)C)cc(OC)c1OC. The van der Waals surface area contributed by atoms with Gasteiger partial charge in [-0.3, -0.25) is 4.79 Å². The number of benzene rings is 1. The quantitative estimate of drug-likeness (QED) is 0.536. The van der Waals surface area contributed by atoms with Gasteiger partial charge in [0.15, 0.2) is 11.5 Å². The second-order valence-corrected chi connectivity index (χ2v) is 9.80. The van der Waals surface area contributed by atoms with Crippen LogP contribution in [0.1, 0.15) is 45.6 Å². The first-order valence-corrected chi connectivity index (χ1v) is 10.6. The summed E-state index contributed by atoms with van der Waals surface area (Å²) in [6.07, 6.45) is 1.50. The van der Waals surface area contributed by atoms with Gasteiger partial charge in [0.2, 0.25) is 21.7 Å². The summed E-state index contributed by atoms with van der Waals surface area (Å²) in [7, 11) is 1.25. The third-order valence-corrected chi connectivity index (χ3v) is 6.34. The number of rotatable bonds is 11. The highest BCUT2D eigenvalue weighted by atomic mass is 32.2. The standard InChI is InChI=1S/C19H32N2O6S/c1-19(2,3)28(23,24)21-10-8-7-9-17(22)20-13-14-11-15(25-4)18(27-6)16(12-14)26-5/h11-12,21H,7-10,13H2,1-6H3,(H,20,22). The van der Waals surface area contributed by atoms with E-state index in [-0.39, 0.29) is 5.91 Å². The first kappa shape index (κ1) is 24.0. The highest BCUT2D eigenvalue weighted by Crippen LogP contribution is 2.38. The van der Waals surface area contributed by atoms with Crippen LogP contribution < -0.4 is 24.2 Å². The van der Waals surface area contributed by atoms with Crippen LogP contribution in [0.3, 0.4) is 0 Å². The molecule has 1 rings (SSSR count). The molecule has 0 saturated heterocycles. The Morgan fingerprint density at radius 2 is 1.57 bits per heavy atom. The normalized spacial score (nSPS) is 11.8. The van der Waals surface area contributed by atoms with Crippen molar-refractivity contribution in [1.82, 2.24) is 10.0 Å². The van der Waals surface area contributed by atoms with Crippen molar-refractivity contribution < 1.29 is 27.4 Å². The van der Waals surface area contributed by atoms with Crippen LogP contribution in [-0.4, -0.2) is 46.9 Å². The van der Waals surface area contributed by atoms with Crippen LogP contribution in [0.15, 0.2) is 12.1 Å². The van der Waals surface area contributed by atoms with Gasteiger partial charge in [-0.2, -0.15) is 0 Å². The molecule has 0 aliphatic carbocycles. The number of unbranched alkanes of at least 4 members (excludes halogenated alkanes) is 1. The van der Waals surface area contributed by atoms with Gasteiger partial charge < -0.3 is 19.5 Å². The summed E-state index contributed by atoms with van der Waals surface area (Å²) in [5.41, 5.74) is 0.820. The molecule has 9 heteroatoms. The Labute approximate surface area is 168 Å². The van der Waals surface area contributed by atoms with E-state index in [1.165, 1.54) is 21.3 Å². The minimum atomic E-state index is -3.35. The average Bonchev–Trinajstić information content (AvgIpc) is 2.63. The van der Waals surface area contributed by atoms with Gasteiger partial charge in [0, 0.05) is 19.5 Å². The van der Waals surface area contributed by atoms with E-state index in [4.69, 9.17) is 14.2 Å². The van der Waals surface area contributed by atoms with E-state index in [1.54, 1.807) is 32.9 Å². The monoisotopic (exact) mass is 416 g/mol. The molecule has 0 bridgehead atoms. The summed E-state index contributed by atoms with van der Waals surface area (Å²) in [5, 5.41) is 2.84. The number of amides is 1. The van der Waals surface area contributed by atoms with E-state index in [0.717, 1.165) is 5.56 Å². The number of hydrogen-bond donors (Lipinski definition) is 2. The van der Waals surface area contributed by atoms with Crippen LogP contribution in [0, 0.1) is 0 Å². The molecule has 28 heavy (non-hydrogen) atoms. The third kappa shape index (κ3) is 6.87. The molecule has 1 aromatic rings. The lowest BCUT2D eigenvalue weighted by Gasteiger charge is -2.19. The number of sulfonamides is 1. The number of ether oxygens (including phenoxy) is 3. The van der Waals surface area contributed by atoms with E-state index < -0.39 is 14.8 Å². The minimum absolute atomic E-state index is 0.104. The number of carbonyl (C=O) groups excluding carboxylic acids is 1. The molecule has 2 N–H and O–H groups in total. The molecule has 0 saturated carbocycles. The number of carbonyl (C=O) groups is 1. The van der Waals surface area contributed by atoms with Gasteiger partial charge in [-0.1, -0.05) is 0 Å². The Balaban J connectivity index is 2.45. The van der Waals surface area contributed by atoms with E-state index >= 15 is 0 Å². The van der Waals surface area contributed by atoms with Gasteiger partial charge in [0.05, 0.1) is 26.1 Å². The number of hydrogen-bond acceptors (Lipinski definition) is 6. The van der Waals surface area contributed by atoms with Crippen molar-refractivity contribution in [2.75, 3.05) is 27.9 Å². The van der Waals surface area contributed by atoms with Crippen molar-refractivity contribution in [3.8, 4) is 17.2 Å². The van der Waals surface area contributed by atoms with Crippen molar-refractivity contribution in [2.45, 2.75) is 51.3 Å². The molecule has 0 atom stereocenters. The average molecular weight is 417 g/mol. The Morgan fingerprint density at radius 1 is 1.00 bits per heavy atom. The van der Waals surface area contributed by atoms with Gasteiger partial charge >= 0.3 is 0 Å². The number of nitrogens with one attached hydrogen (secondary N) is 2. The fourth-order valence-electron chi connectivity index (χ4n) is 2.36. The largest absolute Gasteiger partial charge is 0.493 e. The predicted octanol–water partition coefficient (Wildman–Crippen LogP) is 2.22. The molecule has 0 aliphatic heterocycles. The predicted molar refractivity (Wildman–Crippen MR) is 108 cm³/mol. The van der Waals surface area contributed by atoms with E-state index in [9.17, 15) is 13.2 Å². The third-order valence-electron chi connectivity index (χ3n) is 4.14. The molecule has 160 valence electrons. The van der Waals surface area contributed by atoms with Gasteiger partial charge in [-0.15, -0.1) is 0 Å². The van der Waals surface area contributed by atoms with Crippen molar-refractivity contribution in [2.24, 2.45) is 0 Å². The smallest absolute Gasteiger partial charge is 0.220 e. The van der Waals surface area contributed by atoms with Crippen molar-refractivity contribution in [3.63, 3.8) is 0 Å². The number of methoxy groups -OCH3 is 3. The van der Waals surface area contributed by atoms with Crippen LogP contribution in [0.5, 0.6) is 17.2 Å². The van der Waals surface area contributed by atoms with Crippen LogP contribution in [0.4, 0.5) is 0 Å². The molecule has 0 heterocycles. The molecule has 1 aromatic carbocycles. The zero-order chi connectivity index (χ0) is 21.4. The Bertz CT molecular complexity index is 731. The lowest BCUT2D eigenvalue weighted by Crippen LogP contribution is -2.39. The summed E-state index contributed by atoms with van der Waals surface area (Å²) in [6, 6.07) is 3.56. The first-order chi connectivity index (χ1) is 13.1. The molecule has 0 radical (unpaired) electrons. The van der Waals surface area contributed by atoms with Crippen molar-refractivity contribution in [3.05, 3.63) is 17.7 Å². The fraction of sp³-hybridized carbons (Fsp3) is 0.632. The topological polar surface area (TPSA) is 103 Å². The highest BCUT2D eigenvalue weighted by Gasteiger charge is 2.27. The van der Waals surface area contributed by atoms with Crippen LogP contribution in [-0.2, 0) is 21.4 Å². The fourth-order valence-corrected chi connectivity index (χ4v) is 3.21. The molecule has 0 aromatic heterocycles. The lowest BCUT2D eigenvalue weighted by atomic mass is 10.1. The van der Waals surface area contributed by atoms with Gasteiger partial charge in [0.1, 0.15) is 0 Å². The van der Waals surface area contributed by atoms with Crippen LogP contribution in [0.2, 0.25) is 0 Å². The van der Waals surface area contributed by atoms with Gasteiger partial charge in [-0.05, 0) is 51.3 Å². The van der Waals surface area contributed by atoms with E-state index in [0.29, 0.717) is 49.6 Å². The molecule has 0 spiro atoms. The first-order valence-electron chi connectivity index (χ1n) is 9.10. The highest BCUT2D eigenvalue weighted by molar-refractivity contribution is 7.90. The molecule has 8 nitrogen and oxygen atoms in total. The second kappa shape index (κ2) is 10.5. The Hall–Kier alpha value is -2.00. The summed E-state index contributed by atoms with van der Waals surface area (Å²) in [4.78, 5) is 12.0. The maximum Gasteiger partial charge on any atom is 0.220 e. The van der Waals surface area contributed by atoms with Crippen molar-refractivity contribution >= 4 is 15.9 Å². The van der Waals surface area contributed by atoms with Crippen molar-refractivity contribution in [1.29, 1.82) is 0 Å². The van der Waals surface area contributed by atoms with E-state index in [1.807, 2.05) is 0 Å². The minimum Gasteiger partial charge on any atom is -0.493 e. The zero-order valence-electron chi connectivity index (χ0n) is 17.5. The summed E-state index contributed by atoms with van der Waals surface area (Å²) < 4.78 is 41.5. The molecule has 0 unspecified atom stereocenters. The Kier molecular flexibility index (Phi) is 9.03. The summed E-state index contributed by atoms with van der Waals surface area (Å²) in [5.74, 6) is 1.44. The van der Waals surface area contributed by atoms with Gasteiger partial charge in [0.25, 0.3) is 0 Å². The summed E-state index contributed by atoms with van der Waals surface area (Å²) in [6.45, 7) is 5.58. The molecular weight excluding hydrogens is 384 g/mol. The summed E-state index contributed by atoms with van der Waals surface area (Å²) >= 11 is 0. The zero-order valence-corrected chi connectivity index (χ0v) is 18.4.